The van der Waals surface area contributed by atoms with Gasteiger partial charge in [0.15, 0.2) is 11.6 Å². The Balaban J connectivity index is 1.63. The van der Waals surface area contributed by atoms with Gasteiger partial charge in [-0.3, -0.25) is 4.79 Å². The van der Waals surface area contributed by atoms with Crippen molar-refractivity contribution in [1.29, 1.82) is 0 Å². The van der Waals surface area contributed by atoms with Crippen LogP contribution in [0.4, 0.5) is 0 Å². The van der Waals surface area contributed by atoms with Gasteiger partial charge in [0.2, 0.25) is 0 Å². The molecular weight excluding hydrogens is 410 g/mol. The van der Waals surface area contributed by atoms with Crippen LogP contribution in [0.3, 0.4) is 0 Å². The van der Waals surface area contributed by atoms with E-state index in [1.54, 1.807) is 18.5 Å². The van der Waals surface area contributed by atoms with Crippen molar-refractivity contribution in [3.8, 4) is 5.69 Å². The van der Waals surface area contributed by atoms with Gasteiger partial charge in [-0.15, -0.1) is 0 Å². The lowest BCUT2D eigenvalue weighted by Crippen LogP contribution is -2.45. The second-order valence-corrected chi connectivity index (χ2v) is 8.33. The number of benzene rings is 1. The van der Waals surface area contributed by atoms with Crippen molar-refractivity contribution >= 4 is 11.9 Å². The molecule has 32 heavy (non-hydrogen) atoms. The Morgan fingerprint density at radius 3 is 2.56 bits per heavy atom. The Hall–Kier alpha value is -3.49. The number of amides is 1. The summed E-state index contributed by atoms with van der Waals surface area (Å²) in [6, 6.07) is 7.35. The van der Waals surface area contributed by atoms with E-state index in [1.807, 2.05) is 43.9 Å². The maximum Gasteiger partial charge on any atom is 0.360 e. The second kappa shape index (κ2) is 8.94. The summed E-state index contributed by atoms with van der Waals surface area (Å²) in [7, 11) is 1.33. The van der Waals surface area contributed by atoms with Crippen LogP contribution in [-0.2, 0) is 4.74 Å². The summed E-state index contributed by atoms with van der Waals surface area (Å²) in [5.74, 6) is 0.250. The highest BCUT2D eigenvalue weighted by molar-refractivity contribution is 5.98. The zero-order valence-corrected chi connectivity index (χ0v) is 18.7. The van der Waals surface area contributed by atoms with Gasteiger partial charge in [-0.2, -0.15) is 15.0 Å². The first kappa shape index (κ1) is 21.7. The second-order valence-electron chi connectivity index (χ2n) is 8.33. The lowest BCUT2D eigenvalue weighted by Gasteiger charge is -2.37. The fourth-order valence-corrected chi connectivity index (χ4v) is 4.07. The Labute approximate surface area is 186 Å². The minimum atomic E-state index is -0.513. The van der Waals surface area contributed by atoms with E-state index in [4.69, 9.17) is 9.15 Å². The van der Waals surface area contributed by atoms with E-state index in [-0.39, 0.29) is 29.5 Å². The van der Waals surface area contributed by atoms with Gasteiger partial charge in [0.25, 0.3) is 5.91 Å². The number of hydrogen-bond acceptors (Lipinski definition) is 7. The number of carbonyl (C=O) groups is 2. The van der Waals surface area contributed by atoms with Gasteiger partial charge in [-0.25, -0.2) is 9.78 Å². The van der Waals surface area contributed by atoms with Gasteiger partial charge < -0.3 is 14.1 Å². The summed E-state index contributed by atoms with van der Waals surface area (Å²) in [6.07, 6.45) is 4.76. The molecule has 0 spiro atoms. The molecule has 9 heteroatoms. The molecule has 1 aliphatic heterocycles. The molecule has 1 saturated heterocycles. The molecule has 0 saturated carbocycles. The summed E-state index contributed by atoms with van der Waals surface area (Å²) in [5, 5.41) is 8.35. The molecule has 2 unspecified atom stereocenters. The fraction of sp³-hybridized carbons (Fsp3) is 0.435. The molecule has 2 aromatic heterocycles. The number of methoxy groups -OCH3 is 1. The predicted octanol–water partition coefficient (Wildman–Crippen LogP) is 3.57. The number of rotatable bonds is 5. The van der Waals surface area contributed by atoms with Gasteiger partial charge in [-0.05, 0) is 31.9 Å². The molecule has 4 rings (SSSR count). The molecule has 0 N–H and O–H groups in total. The van der Waals surface area contributed by atoms with Gasteiger partial charge in [0.1, 0.15) is 5.76 Å². The van der Waals surface area contributed by atoms with E-state index in [0.717, 1.165) is 12.8 Å². The number of esters is 1. The smallest absolute Gasteiger partial charge is 0.360 e. The maximum atomic E-state index is 13.6. The quantitative estimate of drug-likeness (QED) is 0.562. The number of aromatic nitrogens is 4. The highest BCUT2D eigenvalue weighted by Crippen LogP contribution is 2.34. The van der Waals surface area contributed by atoms with Gasteiger partial charge >= 0.3 is 5.97 Å². The minimum Gasteiger partial charge on any atom is -0.464 e. The molecule has 2 atom stereocenters. The average Bonchev–Trinajstić information content (AvgIpc) is 3.49. The molecular formula is C23H27N5O4. The third-order valence-corrected chi connectivity index (χ3v) is 5.83. The van der Waals surface area contributed by atoms with Crippen LogP contribution < -0.4 is 0 Å². The van der Waals surface area contributed by atoms with Gasteiger partial charge in [-0.1, -0.05) is 26.0 Å². The van der Waals surface area contributed by atoms with E-state index in [0.29, 0.717) is 29.4 Å². The number of ether oxygens (including phenoxy) is 1. The topological polar surface area (TPSA) is 103 Å². The van der Waals surface area contributed by atoms with Crippen molar-refractivity contribution in [3.05, 3.63) is 59.6 Å². The first-order chi connectivity index (χ1) is 15.4. The van der Waals surface area contributed by atoms with Crippen molar-refractivity contribution < 1.29 is 18.7 Å². The summed E-state index contributed by atoms with van der Waals surface area (Å²) >= 11 is 0. The van der Waals surface area contributed by atoms with E-state index < -0.39 is 5.97 Å². The van der Waals surface area contributed by atoms with E-state index in [9.17, 15) is 9.59 Å². The Bertz CT molecular complexity index is 1110. The van der Waals surface area contributed by atoms with Crippen LogP contribution in [0, 0.1) is 0 Å². The molecule has 1 amide bonds. The third kappa shape index (κ3) is 4.02. The Kier molecular flexibility index (Phi) is 6.07. The first-order valence-corrected chi connectivity index (χ1v) is 10.8. The molecule has 9 nitrogen and oxygen atoms in total. The zero-order chi connectivity index (χ0) is 22.8. The largest absolute Gasteiger partial charge is 0.464 e. The Morgan fingerprint density at radius 2 is 1.88 bits per heavy atom. The molecule has 0 aliphatic carbocycles. The summed E-state index contributed by atoms with van der Waals surface area (Å²) in [5.41, 5.74) is 1.37. The zero-order valence-electron chi connectivity index (χ0n) is 18.7. The van der Waals surface area contributed by atoms with E-state index in [1.165, 1.54) is 11.9 Å². The van der Waals surface area contributed by atoms with Crippen LogP contribution >= 0.6 is 0 Å². The van der Waals surface area contributed by atoms with Crippen molar-refractivity contribution in [3.63, 3.8) is 0 Å². The predicted molar refractivity (Wildman–Crippen MR) is 116 cm³/mol. The number of piperidine rings is 1. The number of para-hydroxylation sites is 1. The Morgan fingerprint density at radius 1 is 1.16 bits per heavy atom. The molecule has 1 aliphatic rings. The van der Waals surface area contributed by atoms with Crippen molar-refractivity contribution in [2.75, 3.05) is 13.7 Å². The standard InChI is InChI=1S/C23H27N5O4/c1-14(2)20-19(23(30)31-4)26-21(32-20)16-10-9-15(3)27(13-16)22(29)17-7-5-6-8-18(17)28-24-11-12-25-28/h5-8,11-12,14-16H,9-10,13H2,1-4H3. The monoisotopic (exact) mass is 437 g/mol. The van der Waals surface area contributed by atoms with Crippen LogP contribution in [0.1, 0.15) is 77.9 Å². The van der Waals surface area contributed by atoms with E-state index in [2.05, 4.69) is 15.2 Å². The maximum absolute atomic E-state index is 13.6. The van der Waals surface area contributed by atoms with Crippen LogP contribution in [0.25, 0.3) is 5.69 Å². The highest BCUT2D eigenvalue weighted by atomic mass is 16.5. The lowest BCUT2D eigenvalue weighted by atomic mass is 9.92. The van der Waals surface area contributed by atoms with Crippen LogP contribution in [-0.4, -0.2) is 56.5 Å². The van der Waals surface area contributed by atoms with Crippen LogP contribution in [0.5, 0.6) is 0 Å². The van der Waals surface area contributed by atoms with Gasteiger partial charge in [0, 0.05) is 18.5 Å². The van der Waals surface area contributed by atoms with Crippen molar-refractivity contribution in [1.82, 2.24) is 24.9 Å². The van der Waals surface area contributed by atoms with Gasteiger partial charge in [0.05, 0.1) is 36.7 Å². The molecule has 3 aromatic rings. The highest BCUT2D eigenvalue weighted by Gasteiger charge is 2.35. The number of carbonyl (C=O) groups excluding carboxylic acids is 2. The van der Waals surface area contributed by atoms with Crippen LogP contribution in [0.15, 0.2) is 41.1 Å². The molecule has 0 radical (unpaired) electrons. The summed E-state index contributed by atoms with van der Waals surface area (Å²) in [4.78, 5) is 33.5. The van der Waals surface area contributed by atoms with Crippen LogP contribution in [0.2, 0.25) is 0 Å². The molecule has 3 heterocycles. The van der Waals surface area contributed by atoms with E-state index >= 15 is 0 Å². The number of nitrogens with zero attached hydrogens (tertiary/aromatic N) is 5. The number of hydrogen-bond donors (Lipinski definition) is 0. The lowest BCUT2D eigenvalue weighted by molar-refractivity contribution is 0.0582. The number of likely N-dealkylation sites (tertiary alicyclic amines) is 1. The molecule has 0 bridgehead atoms. The average molecular weight is 438 g/mol. The first-order valence-electron chi connectivity index (χ1n) is 10.8. The third-order valence-electron chi connectivity index (χ3n) is 5.83. The van der Waals surface area contributed by atoms with Crippen molar-refractivity contribution in [2.45, 2.75) is 51.5 Å². The molecule has 1 aromatic carbocycles. The summed E-state index contributed by atoms with van der Waals surface area (Å²) < 4.78 is 10.9. The number of oxazole rings is 1. The minimum absolute atomic E-state index is 0.0148. The fourth-order valence-electron chi connectivity index (χ4n) is 4.07. The molecule has 168 valence electrons. The normalized spacial score (nSPS) is 18.7. The van der Waals surface area contributed by atoms with Crippen molar-refractivity contribution in [2.24, 2.45) is 0 Å². The molecule has 1 fully saturated rings. The summed E-state index contributed by atoms with van der Waals surface area (Å²) in [6.45, 7) is 6.36. The SMILES string of the molecule is COC(=O)c1nc(C2CCC(C)N(C(=O)c3ccccc3-n3nccn3)C2)oc1C(C)C.